The summed E-state index contributed by atoms with van der Waals surface area (Å²) in [5, 5.41) is 18.1. The van der Waals surface area contributed by atoms with Crippen LogP contribution in [0.25, 0.3) is 5.70 Å². The average molecular weight is 479 g/mol. The minimum atomic E-state index is -0.184. The minimum absolute atomic E-state index is 0.112. The SMILES string of the molecule is CCOc1cccc(C2C=C(c3ccc(CC)cc3)NC(c3ccc(Br)cc3)N2)c1O. The van der Waals surface area contributed by atoms with Gasteiger partial charge in [-0.25, -0.2) is 0 Å². The zero-order chi connectivity index (χ0) is 21.8. The van der Waals surface area contributed by atoms with Crippen molar-refractivity contribution in [3.05, 3.63) is 99.5 Å². The van der Waals surface area contributed by atoms with Gasteiger partial charge in [0, 0.05) is 15.7 Å². The Labute approximate surface area is 192 Å². The summed E-state index contributed by atoms with van der Waals surface area (Å²) in [5.74, 6) is 0.679. The number of phenolic OH excluding ortho intramolecular Hbond substituents is 1. The van der Waals surface area contributed by atoms with Crippen molar-refractivity contribution in [1.82, 2.24) is 10.6 Å². The molecule has 0 bridgehead atoms. The Morgan fingerprint density at radius 1 is 0.968 bits per heavy atom. The molecule has 0 aliphatic carbocycles. The molecule has 0 saturated carbocycles. The van der Waals surface area contributed by atoms with Gasteiger partial charge in [-0.2, -0.15) is 0 Å². The lowest BCUT2D eigenvalue weighted by Gasteiger charge is -2.33. The molecule has 3 aromatic carbocycles. The molecule has 1 aliphatic rings. The summed E-state index contributed by atoms with van der Waals surface area (Å²) < 4.78 is 6.65. The Bertz CT molecular complexity index is 1060. The van der Waals surface area contributed by atoms with E-state index in [9.17, 15) is 5.11 Å². The topological polar surface area (TPSA) is 53.5 Å². The van der Waals surface area contributed by atoms with Gasteiger partial charge >= 0.3 is 0 Å². The van der Waals surface area contributed by atoms with Crippen molar-refractivity contribution in [2.75, 3.05) is 6.61 Å². The van der Waals surface area contributed by atoms with E-state index in [1.54, 1.807) is 6.07 Å². The average Bonchev–Trinajstić information content (AvgIpc) is 2.81. The molecule has 0 aromatic heterocycles. The summed E-state index contributed by atoms with van der Waals surface area (Å²) in [5.41, 5.74) is 5.36. The molecule has 4 nitrogen and oxygen atoms in total. The van der Waals surface area contributed by atoms with Crippen molar-refractivity contribution >= 4 is 21.6 Å². The number of rotatable bonds is 6. The molecule has 2 unspecified atom stereocenters. The van der Waals surface area contributed by atoms with E-state index in [0.29, 0.717) is 12.4 Å². The Morgan fingerprint density at radius 2 is 1.71 bits per heavy atom. The highest BCUT2D eigenvalue weighted by Crippen LogP contribution is 2.38. The first-order chi connectivity index (χ1) is 15.1. The lowest BCUT2D eigenvalue weighted by Crippen LogP contribution is -2.39. The predicted octanol–water partition coefficient (Wildman–Crippen LogP) is 6.09. The first-order valence-electron chi connectivity index (χ1n) is 10.6. The molecule has 160 valence electrons. The molecule has 0 fully saturated rings. The number of aryl methyl sites for hydroxylation is 1. The lowest BCUT2D eigenvalue weighted by atomic mass is 9.97. The van der Waals surface area contributed by atoms with Crippen LogP contribution in [-0.2, 0) is 6.42 Å². The van der Waals surface area contributed by atoms with Crippen LogP contribution in [0.4, 0.5) is 0 Å². The van der Waals surface area contributed by atoms with Gasteiger partial charge in [0.05, 0.1) is 12.6 Å². The van der Waals surface area contributed by atoms with Gasteiger partial charge in [0.1, 0.15) is 6.17 Å². The van der Waals surface area contributed by atoms with Crippen molar-refractivity contribution < 1.29 is 9.84 Å². The molecule has 31 heavy (non-hydrogen) atoms. The molecule has 0 amide bonds. The maximum Gasteiger partial charge on any atom is 0.162 e. The van der Waals surface area contributed by atoms with Crippen LogP contribution < -0.4 is 15.4 Å². The van der Waals surface area contributed by atoms with Crippen molar-refractivity contribution in [3.63, 3.8) is 0 Å². The van der Waals surface area contributed by atoms with Gasteiger partial charge in [-0.05, 0) is 54.3 Å². The van der Waals surface area contributed by atoms with Crippen LogP contribution in [-0.4, -0.2) is 11.7 Å². The minimum Gasteiger partial charge on any atom is -0.504 e. The van der Waals surface area contributed by atoms with Crippen molar-refractivity contribution in [1.29, 1.82) is 0 Å². The number of phenols is 1. The van der Waals surface area contributed by atoms with Crippen LogP contribution in [0.2, 0.25) is 0 Å². The normalized spacial score (nSPS) is 18.2. The first kappa shape index (κ1) is 21.5. The third kappa shape index (κ3) is 4.78. The summed E-state index contributed by atoms with van der Waals surface area (Å²) in [6.07, 6.45) is 3.02. The molecule has 0 saturated heterocycles. The smallest absolute Gasteiger partial charge is 0.162 e. The highest BCUT2D eigenvalue weighted by Gasteiger charge is 2.26. The number of benzene rings is 3. The quantitative estimate of drug-likeness (QED) is 0.401. The van der Waals surface area contributed by atoms with Crippen molar-refractivity contribution in [2.45, 2.75) is 32.5 Å². The van der Waals surface area contributed by atoms with Crippen LogP contribution in [0.3, 0.4) is 0 Å². The van der Waals surface area contributed by atoms with Gasteiger partial charge in [0.2, 0.25) is 0 Å². The van der Waals surface area contributed by atoms with Crippen LogP contribution in [0.5, 0.6) is 11.5 Å². The van der Waals surface area contributed by atoms with Crippen LogP contribution in [0.1, 0.15) is 48.3 Å². The molecule has 1 aliphatic heterocycles. The Balaban J connectivity index is 1.75. The molecule has 3 aromatic rings. The number of ether oxygens (including phenoxy) is 1. The largest absolute Gasteiger partial charge is 0.504 e. The Kier molecular flexibility index (Phi) is 6.64. The maximum absolute atomic E-state index is 10.9. The molecule has 5 heteroatoms. The fourth-order valence-corrected chi connectivity index (χ4v) is 4.08. The fourth-order valence-electron chi connectivity index (χ4n) is 3.82. The Morgan fingerprint density at radius 3 is 2.39 bits per heavy atom. The fraction of sp³-hybridized carbons (Fsp3) is 0.231. The van der Waals surface area contributed by atoms with Crippen LogP contribution >= 0.6 is 15.9 Å². The summed E-state index contributed by atoms with van der Waals surface area (Å²) in [4.78, 5) is 0. The van der Waals surface area contributed by atoms with Gasteiger partial charge in [-0.15, -0.1) is 0 Å². The summed E-state index contributed by atoms with van der Waals surface area (Å²) >= 11 is 3.51. The van der Waals surface area contributed by atoms with E-state index in [4.69, 9.17) is 4.74 Å². The Hall–Kier alpha value is -2.76. The second-order valence-corrected chi connectivity index (χ2v) is 8.45. The zero-order valence-electron chi connectivity index (χ0n) is 17.7. The standard InChI is InChI=1S/C26H27BrN2O2/c1-3-17-8-10-18(11-9-17)22-16-23(21-6-5-7-24(25(21)30)31-4-2)29-26(28-22)19-12-14-20(27)15-13-19/h5-16,23,26,28-30H,3-4H2,1-2H3. The van der Waals surface area contributed by atoms with Gasteiger partial charge in [0.25, 0.3) is 0 Å². The number of hydrogen-bond donors (Lipinski definition) is 3. The number of nitrogens with one attached hydrogen (secondary N) is 2. The molecule has 0 radical (unpaired) electrons. The molecule has 2 atom stereocenters. The summed E-state index contributed by atoms with van der Waals surface area (Å²) in [6.45, 7) is 4.57. The number of hydrogen-bond acceptors (Lipinski definition) is 4. The molecule has 4 rings (SSSR count). The summed E-state index contributed by atoms with van der Waals surface area (Å²) in [7, 11) is 0. The van der Waals surface area contributed by atoms with E-state index >= 15 is 0 Å². The highest BCUT2D eigenvalue weighted by atomic mass is 79.9. The van der Waals surface area contributed by atoms with Crippen LogP contribution in [0.15, 0.2) is 77.3 Å². The van der Waals surface area contributed by atoms with E-state index in [1.807, 2.05) is 31.2 Å². The van der Waals surface area contributed by atoms with Crippen molar-refractivity contribution in [3.8, 4) is 11.5 Å². The third-order valence-electron chi connectivity index (χ3n) is 5.52. The van der Waals surface area contributed by atoms with Gasteiger partial charge in [0.15, 0.2) is 11.5 Å². The number of halogens is 1. The van der Waals surface area contributed by atoms with E-state index in [1.165, 1.54) is 5.56 Å². The van der Waals surface area contributed by atoms with E-state index in [0.717, 1.165) is 33.3 Å². The third-order valence-corrected chi connectivity index (χ3v) is 6.05. The lowest BCUT2D eigenvalue weighted by molar-refractivity contribution is 0.314. The van der Waals surface area contributed by atoms with E-state index in [2.05, 4.69) is 76.0 Å². The maximum atomic E-state index is 10.9. The first-order valence-corrected chi connectivity index (χ1v) is 11.4. The molecule has 3 N–H and O–H groups in total. The highest BCUT2D eigenvalue weighted by molar-refractivity contribution is 9.10. The van der Waals surface area contributed by atoms with Gasteiger partial charge in [-0.3, -0.25) is 5.32 Å². The zero-order valence-corrected chi connectivity index (χ0v) is 19.3. The monoisotopic (exact) mass is 478 g/mol. The molecule has 0 spiro atoms. The van der Waals surface area contributed by atoms with Gasteiger partial charge < -0.3 is 15.2 Å². The molecular weight excluding hydrogens is 452 g/mol. The summed E-state index contributed by atoms with van der Waals surface area (Å²) in [6, 6.07) is 22.3. The predicted molar refractivity (Wildman–Crippen MR) is 129 cm³/mol. The number of aromatic hydroxyl groups is 1. The van der Waals surface area contributed by atoms with E-state index < -0.39 is 0 Å². The van der Waals surface area contributed by atoms with E-state index in [-0.39, 0.29) is 18.0 Å². The van der Waals surface area contributed by atoms with Crippen LogP contribution in [0, 0.1) is 0 Å². The number of para-hydroxylation sites is 1. The second-order valence-electron chi connectivity index (χ2n) is 7.53. The molecular formula is C26H27BrN2O2. The molecule has 1 heterocycles. The van der Waals surface area contributed by atoms with Crippen molar-refractivity contribution in [2.24, 2.45) is 0 Å². The second kappa shape index (κ2) is 9.58. The van der Waals surface area contributed by atoms with Gasteiger partial charge in [-0.1, -0.05) is 71.4 Å².